The van der Waals surface area contributed by atoms with Crippen LogP contribution in [0.2, 0.25) is 0 Å². The first-order valence-corrected chi connectivity index (χ1v) is 9.47. The van der Waals surface area contributed by atoms with Gasteiger partial charge in [-0.2, -0.15) is 5.26 Å². The molecule has 2 heterocycles. The highest BCUT2D eigenvalue weighted by molar-refractivity contribution is 6.13. The van der Waals surface area contributed by atoms with Crippen LogP contribution in [0.3, 0.4) is 0 Å². The Morgan fingerprint density at radius 3 is 2.21 bits per heavy atom. The van der Waals surface area contributed by atoms with Crippen LogP contribution in [0.15, 0.2) is 47.1 Å². The Labute approximate surface area is 167 Å². The first-order valence-electron chi connectivity index (χ1n) is 9.47. The van der Waals surface area contributed by atoms with Crippen LogP contribution in [0.1, 0.15) is 29.0 Å². The van der Waals surface area contributed by atoms with Crippen molar-refractivity contribution in [2.75, 3.05) is 31.5 Å². The number of nitriles is 1. The molecule has 0 bridgehead atoms. The van der Waals surface area contributed by atoms with Gasteiger partial charge in [0.2, 0.25) is 11.8 Å². The van der Waals surface area contributed by atoms with E-state index in [1.165, 1.54) is 6.26 Å². The van der Waals surface area contributed by atoms with Gasteiger partial charge in [-0.1, -0.05) is 0 Å². The SMILES string of the molecule is N#Cc1ccc(NC(=O)C2(C(=O)N3CCN(C(=O)c4ccco4)CC3)CC2)cc1. The van der Waals surface area contributed by atoms with Gasteiger partial charge in [0.25, 0.3) is 5.91 Å². The second kappa shape index (κ2) is 7.43. The molecule has 29 heavy (non-hydrogen) atoms. The molecule has 0 radical (unpaired) electrons. The van der Waals surface area contributed by atoms with E-state index in [9.17, 15) is 14.4 Å². The zero-order valence-electron chi connectivity index (χ0n) is 15.8. The Morgan fingerprint density at radius 1 is 1.00 bits per heavy atom. The lowest BCUT2D eigenvalue weighted by Gasteiger charge is -2.36. The van der Waals surface area contributed by atoms with E-state index in [2.05, 4.69) is 5.32 Å². The van der Waals surface area contributed by atoms with E-state index in [1.807, 2.05) is 6.07 Å². The van der Waals surface area contributed by atoms with Crippen LogP contribution >= 0.6 is 0 Å². The Kier molecular flexibility index (Phi) is 4.80. The number of furan rings is 1. The number of carbonyl (C=O) groups excluding carboxylic acids is 3. The molecule has 1 saturated heterocycles. The van der Waals surface area contributed by atoms with Gasteiger partial charge in [0.05, 0.1) is 17.9 Å². The van der Waals surface area contributed by atoms with Crippen molar-refractivity contribution in [2.24, 2.45) is 5.41 Å². The second-order valence-electron chi connectivity index (χ2n) is 7.29. The molecule has 1 N–H and O–H groups in total. The lowest BCUT2D eigenvalue weighted by atomic mass is 10.0. The number of nitrogens with zero attached hydrogens (tertiary/aromatic N) is 3. The molecule has 2 aliphatic rings. The predicted molar refractivity (Wildman–Crippen MR) is 103 cm³/mol. The second-order valence-corrected chi connectivity index (χ2v) is 7.29. The number of benzene rings is 1. The molecule has 148 valence electrons. The fourth-order valence-corrected chi connectivity index (χ4v) is 3.51. The number of rotatable bonds is 4. The van der Waals surface area contributed by atoms with Gasteiger partial charge in [0, 0.05) is 31.9 Å². The molecule has 8 nitrogen and oxygen atoms in total. The van der Waals surface area contributed by atoms with Crippen molar-refractivity contribution in [1.82, 2.24) is 9.80 Å². The number of nitrogens with one attached hydrogen (secondary N) is 1. The number of carbonyl (C=O) groups is 3. The highest BCUT2D eigenvalue weighted by atomic mass is 16.3. The Balaban J connectivity index is 1.36. The molecule has 8 heteroatoms. The average Bonchev–Trinajstić information content (AvgIpc) is 3.40. The number of amides is 3. The largest absolute Gasteiger partial charge is 0.459 e. The van der Waals surface area contributed by atoms with Crippen LogP contribution in [0.4, 0.5) is 5.69 Å². The van der Waals surface area contributed by atoms with Gasteiger partial charge in [-0.05, 0) is 49.2 Å². The minimum atomic E-state index is -1.03. The maximum atomic E-state index is 13.0. The van der Waals surface area contributed by atoms with Crippen LogP contribution in [0.5, 0.6) is 0 Å². The van der Waals surface area contributed by atoms with Crippen LogP contribution in [-0.4, -0.2) is 53.7 Å². The summed E-state index contributed by atoms with van der Waals surface area (Å²) < 4.78 is 5.15. The van der Waals surface area contributed by atoms with Gasteiger partial charge in [-0.25, -0.2) is 0 Å². The van der Waals surface area contributed by atoms with Crippen molar-refractivity contribution in [3.05, 3.63) is 54.0 Å². The fourth-order valence-electron chi connectivity index (χ4n) is 3.51. The number of anilines is 1. The summed E-state index contributed by atoms with van der Waals surface area (Å²) in [6.07, 6.45) is 2.48. The maximum absolute atomic E-state index is 13.0. The smallest absolute Gasteiger partial charge is 0.289 e. The van der Waals surface area contributed by atoms with Crippen molar-refractivity contribution >= 4 is 23.4 Å². The lowest BCUT2D eigenvalue weighted by Crippen LogP contribution is -2.53. The van der Waals surface area contributed by atoms with E-state index in [-0.39, 0.29) is 23.5 Å². The molecule has 3 amide bonds. The van der Waals surface area contributed by atoms with Crippen LogP contribution in [-0.2, 0) is 9.59 Å². The molecule has 2 aromatic rings. The molecular formula is C21H20N4O4. The summed E-state index contributed by atoms with van der Waals surface area (Å²) in [6.45, 7) is 1.57. The van der Waals surface area contributed by atoms with Gasteiger partial charge < -0.3 is 19.5 Å². The summed E-state index contributed by atoms with van der Waals surface area (Å²) in [5.74, 6) is -0.415. The molecule has 4 rings (SSSR count). The molecule has 0 atom stereocenters. The van der Waals surface area contributed by atoms with E-state index in [0.717, 1.165) is 0 Å². The van der Waals surface area contributed by atoms with Gasteiger partial charge in [-0.3, -0.25) is 14.4 Å². The molecule has 1 saturated carbocycles. The van der Waals surface area contributed by atoms with Crippen molar-refractivity contribution in [3.63, 3.8) is 0 Å². The van der Waals surface area contributed by atoms with Crippen molar-refractivity contribution in [1.29, 1.82) is 5.26 Å². The summed E-state index contributed by atoms with van der Waals surface area (Å²) in [4.78, 5) is 41.4. The van der Waals surface area contributed by atoms with E-state index in [1.54, 1.807) is 46.2 Å². The Bertz CT molecular complexity index is 963. The normalized spacial score (nSPS) is 17.3. The summed E-state index contributed by atoms with van der Waals surface area (Å²) >= 11 is 0. The predicted octanol–water partition coefficient (Wildman–Crippen LogP) is 1.85. The fraction of sp³-hybridized carbons (Fsp3) is 0.333. The molecule has 1 aromatic heterocycles. The number of hydrogen-bond donors (Lipinski definition) is 1. The summed E-state index contributed by atoms with van der Waals surface area (Å²) in [7, 11) is 0. The molecule has 1 aliphatic carbocycles. The summed E-state index contributed by atoms with van der Waals surface area (Å²) in [5, 5.41) is 11.6. The molecule has 0 unspecified atom stereocenters. The standard InChI is InChI=1S/C21H20N4O4/c22-14-15-3-5-16(6-4-15)23-19(27)21(7-8-21)20(28)25-11-9-24(10-12-25)18(26)17-2-1-13-29-17/h1-6,13H,7-12H2,(H,23,27). The van der Waals surface area contributed by atoms with E-state index < -0.39 is 5.41 Å². The van der Waals surface area contributed by atoms with Gasteiger partial charge in [0.1, 0.15) is 5.41 Å². The molecular weight excluding hydrogens is 372 g/mol. The monoisotopic (exact) mass is 392 g/mol. The van der Waals surface area contributed by atoms with Crippen molar-refractivity contribution in [3.8, 4) is 6.07 Å². The third-order valence-electron chi connectivity index (χ3n) is 5.45. The topological polar surface area (TPSA) is 107 Å². The highest BCUT2D eigenvalue weighted by Gasteiger charge is 2.58. The molecule has 0 spiro atoms. The van der Waals surface area contributed by atoms with Crippen LogP contribution < -0.4 is 5.32 Å². The number of piperazine rings is 1. The molecule has 1 aliphatic heterocycles. The van der Waals surface area contributed by atoms with Crippen LogP contribution in [0.25, 0.3) is 0 Å². The van der Waals surface area contributed by atoms with Gasteiger partial charge in [0.15, 0.2) is 5.76 Å². The van der Waals surface area contributed by atoms with E-state index in [0.29, 0.717) is 50.3 Å². The van der Waals surface area contributed by atoms with E-state index in [4.69, 9.17) is 9.68 Å². The first-order chi connectivity index (χ1) is 14.0. The minimum Gasteiger partial charge on any atom is -0.459 e. The van der Waals surface area contributed by atoms with E-state index >= 15 is 0 Å². The third-order valence-corrected chi connectivity index (χ3v) is 5.45. The quantitative estimate of drug-likeness (QED) is 0.799. The first kappa shape index (κ1) is 18.7. The zero-order chi connectivity index (χ0) is 20.4. The van der Waals surface area contributed by atoms with Crippen molar-refractivity contribution in [2.45, 2.75) is 12.8 Å². The third kappa shape index (κ3) is 3.59. The highest BCUT2D eigenvalue weighted by Crippen LogP contribution is 2.48. The summed E-state index contributed by atoms with van der Waals surface area (Å²) in [6, 6.07) is 11.8. The van der Waals surface area contributed by atoms with Crippen molar-refractivity contribution < 1.29 is 18.8 Å². The minimum absolute atomic E-state index is 0.186. The maximum Gasteiger partial charge on any atom is 0.289 e. The van der Waals surface area contributed by atoms with Gasteiger partial charge in [-0.15, -0.1) is 0 Å². The molecule has 2 fully saturated rings. The van der Waals surface area contributed by atoms with Gasteiger partial charge >= 0.3 is 0 Å². The average molecular weight is 392 g/mol. The Morgan fingerprint density at radius 2 is 1.66 bits per heavy atom. The lowest BCUT2D eigenvalue weighted by molar-refractivity contribution is -0.143. The summed E-state index contributed by atoms with van der Waals surface area (Å²) in [5.41, 5.74) is 0.0327. The van der Waals surface area contributed by atoms with Crippen LogP contribution in [0, 0.1) is 16.7 Å². The number of hydrogen-bond acceptors (Lipinski definition) is 5. The zero-order valence-corrected chi connectivity index (χ0v) is 15.8. The molecule has 1 aromatic carbocycles. The Hall–Kier alpha value is -3.60.